The Bertz CT molecular complexity index is 706. The Labute approximate surface area is 123 Å². The van der Waals surface area contributed by atoms with Crippen molar-refractivity contribution in [2.45, 2.75) is 37.9 Å². The van der Waals surface area contributed by atoms with E-state index in [4.69, 9.17) is 0 Å². The molecule has 108 valence electrons. The smallest absolute Gasteiger partial charge is 0.250 e. The fraction of sp³-hybridized carbons (Fsp3) is 0.357. The Morgan fingerprint density at radius 1 is 1.30 bits per heavy atom. The lowest BCUT2D eigenvalue weighted by Crippen LogP contribution is -2.22. The maximum Gasteiger partial charge on any atom is 0.250 e. The first-order valence-corrected chi connectivity index (χ1v) is 8.73. The molecule has 0 amide bonds. The lowest BCUT2D eigenvalue weighted by atomic mass is 10.2. The molecule has 0 bridgehead atoms. The third kappa shape index (κ3) is 3.45. The molecule has 0 aliphatic heterocycles. The van der Waals surface area contributed by atoms with Gasteiger partial charge in [0.1, 0.15) is 4.21 Å². The van der Waals surface area contributed by atoms with Gasteiger partial charge in [-0.1, -0.05) is 13.0 Å². The highest BCUT2D eigenvalue weighted by molar-refractivity contribution is 7.91. The van der Waals surface area contributed by atoms with Gasteiger partial charge >= 0.3 is 0 Å². The van der Waals surface area contributed by atoms with Crippen LogP contribution in [-0.2, 0) is 23.0 Å². The van der Waals surface area contributed by atoms with Crippen LogP contribution in [0.5, 0.6) is 0 Å². The molecule has 0 saturated heterocycles. The fourth-order valence-corrected chi connectivity index (χ4v) is 4.10. The van der Waals surface area contributed by atoms with Gasteiger partial charge in [0.25, 0.3) is 0 Å². The zero-order valence-electron chi connectivity index (χ0n) is 11.8. The van der Waals surface area contributed by atoms with Crippen LogP contribution in [0.4, 0.5) is 0 Å². The van der Waals surface area contributed by atoms with Gasteiger partial charge < -0.3 is 0 Å². The average Bonchev–Trinajstić information content (AvgIpc) is 2.90. The van der Waals surface area contributed by atoms with Crippen molar-refractivity contribution in [3.63, 3.8) is 0 Å². The first-order valence-electron chi connectivity index (χ1n) is 6.43. The van der Waals surface area contributed by atoms with Crippen LogP contribution >= 0.6 is 11.3 Å². The molecule has 1 N–H and O–H groups in total. The third-order valence-electron chi connectivity index (χ3n) is 3.11. The molecule has 0 aromatic carbocycles. The van der Waals surface area contributed by atoms with Gasteiger partial charge in [0.15, 0.2) is 0 Å². The maximum absolute atomic E-state index is 12.2. The summed E-state index contributed by atoms with van der Waals surface area (Å²) >= 11 is 1.31. The molecule has 4 nitrogen and oxygen atoms in total. The molecule has 0 fully saturated rings. The van der Waals surface area contributed by atoms with E-state index in [9.17, 15) is 8.42 Å². The number of thiophene rings is 1. The first kappa shape index (κ1) is 15.2. The highest BCUT2D eigenvalue weighted by Crippen LogP contribution is 2.22. The Balaban J connectivity index is 2.10. The highest BCUT2D eigenvalue weighted by Gasteiger charge is 2.16. The van der Waals surface area contributed by atoms with E-state index in [2.05, 4.69) is 9.71 Å². The Morgan fingerprint density at radius 2 is 2.05 bits per heavy atom. The number of pyridine rings is 1. The second-order valence-corrected chi connectivity index (χ2v) is 7.81. The van der Waals surface area contributed by atoms with Gasteiger partial charge in [0, 0.05) is 23.3 Å². The number of rotatable bonds is 5. The average molecular weight is 310 g/mol. The Morgan fingerprint density at radius 3 is 2.65 bits per heavy atom. The number of sulfonamides is 1. The summed E-state index contributed by atoms with van der Waals surface area (Å²) in [5.74, 6) is 0. The van der Waals surface area contributed by atoms with Crippen LogP contribution < -0.4 is 4.72 Å². The molecule has 0 aliphatic rings. The van der Waals surface area contributed by atoms with Crippen molar-refractivity contribution in [1.29, 1.82) is 0 Å². The van der Waals surface area contributed by atoms with Crippen molar-refractivity contribution >= 4 is 21.4 Å². The number of aryl methyl sites for hydroxylation is 3. The quantitative estimate of drug-likeness (QED) is 0.924. The fourth-order valence-electron chi connectivity index (χ4n) is 1.74. The van der Waals surface area contributed by atoms with Crippen LogP contribution in [0.15, 0.2) is 28.6 Å². The van der Waals surface area contributed by atoms with Crippen LogP contribution in [0, 0.1) is 13.8 Å². The molecule has 6 heteroatoms. The van der Waals surface area contributed by atoms with Crippen molar-refractivity contribution in [3.05, 3.63) is 46.1 Å². The first-order chi connectivity index (χ1) is 9.42. The van der Waals surface area contributed by atoms with Crippen molar-refractivity contribution in [1.82, 2.24) is 9.71 Å². The largest absolute Gasteiger partial charge is 0.261 e. The molecule has 0 aliphatic carbocycles. The Hall–Kier alpha value is -1.24. The third-order valence-corrected chi connectivity index (χ3v) is 6.24. The Kier molecular flexibility index (Phi) is 4.57. The standard InChI is InChI=1S/C14H18N2O2S2/c1-4-13-5-6-14(19-13)20(17,18)16-9-12-7-10(2)11(3)15-8-12/h5-8,16H,4,9H2,1-3H3. The normalized spacial score (nSPS) is 11.8. The molecular formula is C14H18N2O2S2. The second-order valence-electron chi connectivity index (χ2n) is 4.64. The molecule has 2 aromatic heterocycles. The molecule has 0 saturated carbocycles. The van der Waals surface area contributed by atoms with Gasteiger partial charge in [-0.3, -0.25) is 4.98 Å². The summed E-state index contributed by atoms with van der Waals surface area (Å²) in [5, 5.41) is 0. The lowest BCUT2D eigenvalue weighted by Gasteiger charge is -2.06. The summed E-state index contributed by atoms with van der Waals surface area (Å²) < 4.78 is 27.3. The number of nitrogens with one attached hydrogen (secondary N) is 1. The van der Waals surface area contributed by atoms with Crippen molar-refractivity contribution in [2.24, 2.45) is 0 Å². The molecule has 0 radical (unpaired) electrons. The SMILES string of the molecule is CCc1ccc(S(=O)(=O)NCc2cnc(C)c(C)c2)s1. The molecule has 2 rings (SSSR count). The van der Waals surface area contributed by atoms with E-state index in [1.807, 2.05) is 32.9 Å². The van der Waals surface area contributed by atoms with Gasteiger partial charge in [-0.2, -0.15) is 0 Å². The molecule has 0 spiro atoms. The van der Waals surface area contributed by atoms with E-state index in [-0.39, 0.29) is 6.54 Å². The van der Waals surface area contributed by atoms with E-state index in [1.54, 1.807) is 12.3 Å². The highest BCUT2D eigenvalue weighted by atomic mass is 32.2. The summed E-state index contributed by atoms with van der Waals surface area (Å²) in [6.07, 6.45) is 2.55. The zero-order chi connectivity index (χ0) is 14.8. The van der Waals surface area contributed by atoms with E-state index in [1.165, 1.54) is 11.3 Å². The summed E-state index contributed by atoms with van der Waals surface area (Å²) in [5.41, 5.74) is 2.89. The minimum Gasteiger partial charge on any atom is -0.261 e. The van der Waals surface area contributed by atoms with Crippen molar-refractivity contribution < 1.29 is 8.42 Å². The lowest BCUT2D eigenvalue weighted by molar-refractivity contribution is 0.583. The van der Waals surface area contributed by atoms with E-state index in [0.717, 1.165) is 28.1 Å². The summed E-state index contributed by atoms with van der Waals surface area (Å²) in [6.45, 7) is 6.17. The minimum atomic E-state index is -3.43. The summed E-state index contributed by atoms with van der Waals surface area (Å²) in [6, 6.07) is 5.47. The van der Waals surface area contributed by atoms with E-state index in [0.29, 0.717) is 4.21 Å². The van der Waals surface area contributed by atoms with Crippen LogP contribution in [0.2, 0.25) is 0 Å². The maximum atomic E-state index is 12.2. The molecule has 20 heavy (non-hydrogen) atoms. The van der Waals surface area contributed by atoms with Crippen LogP contribution in [0.3, 0.4) is 0 Å². The molecule has 2 aromatic rings. The summed E-state index contributed by atoms with van der Waals surface area (Å²) in [4.78, 5) is 5.31. The van der Waals surface area contributed by atoms with Gasteiger partial charge in [-0.15, -0.1) is 11.3 Å². The predicted octanol–water partition coefficient (Wildman–Crippen LogP) is 2.80. The van der Waals surface area contributed by atoms with Crippen LogP contribution in [-0.4, -0.2) is 13.4 Å². The topological polar surface area (TPSA) is 59.1 Å². The number of aromatic nitrogens is 1. The molecule has 0 unspecified atom stereocenters. The monoisotopic (exact) mass is 310 g/mol. The van der Waals surface area contributed by atoms with Crippen molar-refractivity contribution in [2.75, 3.05) is 0 Å². The number of hydrogen-bond acceptors (Lipinski definition) is 4. The van der Waals surface area contributed by atoms with Gasteiger partial charge in [-0.25, -0.2) is 13.1 Å². The van der Waals surface area contributed by atoms with Crippen LogP contribution in [0.1, 0.15) is 28.6 Å². The van der Waals surface area contributed by atoms with Gasteiger partial charge in [0.2, 0.25) is 10.0 Å². The summed E-state index contributed by atoms with van der Waals surface area (Å²) in [7, 11) is -3.43. The van der Waals surface area contributed by atoms with Crippen LogP contribution in [0.25, 0.3) is 0 Å². The second kappa shape index (κ2) is 6.03. The number of nitrogens with zero attached hydrogens (tertiary/aromatic N) is 1. The van der Waals surface area contributed by atoms with Gasteiger partial charge in [-0.05, 0) is 43.5 Å². The minimum absolute atomic E-state index is 0.260. The van der Waals surface area contributed by atoms with E-state index < -0.39 is 10.0 Å². The van der Waals surface area contributed by atoms with E-state index >= 15 is 0 Å². The zero-order valence-corrected chi connectivity index (χ0v) is 13.4. The predicted molar refractivity (Wildman–Crippen MR) is 81.4 cm³/mol. The molecular weight excluding hydrogens is 292 g/mol. The van der Waals surface area contributed by atoms with Crippen molar-refractivity contribution in [3.8, 4) is 0 Å². The molecule has 0 atom stereocenters. The van der Waals surface area contributed by atoms with Gasteiger partial charge in [0.05, 0.1) is 0 Å². The number of hydrogen-bond donors (Lipinski definition) is 1. The molecule has 2 heterocycles.